The number of nitrogens with one attached hydrogen (secondary N) is 2. The van der Waals surface area contributed by atoms with Crippen LogP contribution in [0.2, 0.25) is 0 Å². The third-order valence-electron chi connectivity index (χ3n) is 7.57. The maximum absolute atomic E-state index is 14.0. The summed E-state index contributed by atoms with van der Waals surface area (Å²) in [6, 6.07) is 4.45. The molecule has 2 fully saturated rings. The molecule has 1 atom stereocenters. The lowest BCUT2D eigenvalue weighted by Gasteiger charge is -2.27. The van der Waals surface area contributed by atoms with Crippen LogP contribution >= 0.6 is 11.3 Å². The largest absolute Gasteiger partial charge is 0.493 e. The Morgan fingerprint density at radius 2 is 1.98 bits per heavy atom. The highest BCUT2D eigenvalue weighted by Crippen LogP contribution is 2.41. The summed E-state index contributed by atoms with van der Waals surface area (Å²) in [5.41, 5.74) is 0.0371. The number of aromatic nitrogens is 3. The van der Waals surface area contributed by atoms with Crippen molar-refractivity contribution in [3.8, 4) is 17.0 Å². The van der Waals surface area contributed by atoms with E-state index in [-0.39, 0.29) is 18.1 Å². The minimum atomic E-state index is -4.59. The fourth-order valence-electron chi connectivity index (χ4n) is 5.38. The van der Waals surface area contributed by atoms with E-state index >= 15 is 0 Å². The fraction of sp³-hybridized carbons (Fsp3) is 0.517. The lowest BCUT2D eigenvalue weighted by Crippen LogP contribution is -2.44. The Kier molecular flexibility index (Phi) is 9.59. The monoisotopic (exact) mass is 603 g/mol. The number of amides is 1. The molecule has 9 nitrogen and oxygen atoms in total. The molecule has 1 aromatic carbocycles. The summed E-state index contributed by atoms with van der Waals surface area (Å²) in [6.45, 7) is 8.94. The van der Waals surface area contributed by atoms with Gasteiger partial charge in [0.2, 0.25) is 0 Å². The molecule has 2 aliphatic heterocycles. The molecular weight excluding hydrogens is 567 g/mol. The van der Waals surface area contributed by atoms with Gasteiger partial charge in [-0.15, -0.1) is 0 Å². The number of rotatable bonds is 10. The predicted molar refractivity (Wildman–Crippen MR) is 157 cm³/mol. The van der Waals surface area contributed by atoms with Crippen LogP contribution in [-0.4, -0.2) is 71.1 Å². The number of hydrogen-bond acceptors (Lipinski definition) is 9. The van der Waals surface area contributed by atoms with E-state index in [1.54, 1.807) is 12.3 Å². The Hall–Kier alpha value is -3.29. The Morgan fingerprint density at radius 1 is 1.17 bits per heavy atom. The maximum atomic E-state index is 14.0. The highest BCUT2D eigenvalue weighted by atomic mass is 32.1. The first-order valence-corrected chi connectivity index (χ1v) is 15.3. The van der Waals surface area contributed by atoms with Crippen molar-refractivity contribution in [1.82, 2.24) is 25.2 Å². The molecule has 0 spiro atoms. The topological polar surface area (TPSA) is 95.5 Å². The second-order valence-corrected chi connectivity index (χ2v) is 11.6. The van der Waals surface area contributed by atoms with Gasteiger partial charge < -0.3 is 15.0 Å². The molecule has 226 valence electrons. The van der Waals surface area contributed by atoms with Gasteiger partial charge >= 0.3 is 6.18 Å². The molecule has 0 radical (unpaired) electrons. The van der Waals surface area contributed by atoms with Crippen molar-refractivity contribution in [3.05, 3.63) is 46.7 Å². The number of piperazine rings is 1. The molecule has 5 rings (SSSR count). The van der Waals surface area contributed by atoms with Gasteiger partial charge in [0, 0.05) is 49.2 Å². The second kappa shape index (κ2) is 13.3. The Morgan fingerprint density at radius 3 is 2.67 bits per heavy atom. The van der Waals surface area contributed by atoms with Gasteiger partial charge in [-0.05, 0) is 50.4 Å². The van der Waals surface area contributed by atoms with E-state index in [0.29, 0.717) is 41.2 Å². The van der Waals surface area contributed by atoms with Gasteiger partial charge in [0.1, 0.15) is 17.3 Å². The van der Waals surface area contributed by atoms with E-state index in [0.717, 1.165) is 62.9 Å². The summed E-state index contributed by atoms with van der Waals surface area (Å²) in [7, 11) is 0. The molecule has 4 heterocycles. The van der Waals surface area contributed by atoms with E-state index in [1.165, 1.54) is 23.6 Å². The number of thiazole rings is 1. The first-order valence-electron chi connectivity index (χ1n) is 14.4. The van der Waals surface area contributed by atoms with Crippen LogP contribution in [0.25, 0.3) is 11.3 Å². The SMILES string of the molecule is CCCOc1ccc(-c2nc(NC(=O)c3cnc(N4CCNCC4)cn3)sc2CN2CCC[C@H]2CC)cc1C(F)(F)F. The number of carbonyl (C=O) groups excluding carboxylic acids is 1. The minimum absolute atomic E-state index is 0.134. The summed E-state index contributed by atoms with van der Waals surface area (Å²) >= 11 is 1.27. The quantitative estimate of drug-likeness (QED) is 0.316. The first-order chi connectivity index (χ1) is 20.3. The number of ether oxygens (including phenoxy) is 1. The lowest BCUT2D eigenvalue weighted by molar-refractivity contribution is -0.138. The van der Waals surface area contributed by atoms with Gasteiger partial charge in [-0.3, -0.25) is 15.0 Å². The van der Waals surface area contributed by atoms with Gasteiger partial charge in [-0.25, -0.2) is 15.0 Å². The summed E-state index contributed by atoms with van der Waals surface area (Å²) in [4.78, 5) is 31.7. The summed E-state index contributed by atoms with van der Waals surface area (Å²) < 4.78 is 47.5. The van der Waals surface area contributed by atoms with Crippen molar-refractivity contribution >= 4 is 28.2 Å². The number of anilines is 2. The Bertz CT molecular complexity index is 1360. The second-order valence-electron chi connectivity index (χ2n) is 10.5. The Labute approximate surface area is 247 Å². The number of likely N-dealkylation sites (tertiary alicyclic amines) is 1. The van der Waals surface area contributed by atoms with E-state index in [1.807, 2.05) is 6.92 Å². The minimum Gasteiger partial charge on any atom is -0.493 e. The van der Waals surface area contributed by atoms with Crippen LogP contribution in [0.5, 0.6) is 5.75 Å². The van der Waals surface area contributed by atoms with Crippen molar-refractivity contribution in [2.75, 3.05) is 49.5 Å². The molecule has 0 aliphatic carbocycles. The zero-order chi connectivity index (χ0) is 29.7. The normalized spacial score (nSPS) is 17.9. The molecule has 1 amide bonds. The van der Waals surface area contributed by atoms with Crippen LogP contribution in [0.3, 0.4) is 0 Å². The molecule has 2 saturated heterocycles. The number of halogens is 3. The predicted octanol–water partition coefficient (Wildman–Crippen LogP) is 5.44. The van der Waals surface area contributed by atoms with Crippen LogP contribution in [-0.2, 0) is 12.7 Å². The van der Waals surface area contributed by atoms with E-state index in [2.05, 4.69) is 42.3 Å². The van der Waals surface area contributed by atoms with E-state index in [4.69, 9.17) is 4.74 Å². The summed E-state index contributed by atoms with van der Waals surface area (Å²) in [5, 5.41) is 6.38. The standard InChI is InChI=1S/C29H36F3N7O2S/c1-3-14-41-23-8-7-19(15-21(23)29(30,31)32)26-24(18-39-11-5-6-20(39)4-2)42-28(36-26)37-27(40)22-16-35-25(17-34-22)38-12-9-33-10-13-38/h7-8,15-17,20,33H,3-6,9-14,18H2,1-2H3,(H,36,37,40)/t20-/m1/s1. The summed E-state index contributed by atoms with van der Waals surface area (Å²) in [6.07, 6.45) is 2.15. The van der Waals surface area contributed by atoms with Crippen LogP contribution < -0.4 is 20.3 Å². The fourth-order valence-corrected chi connectivity index (χ4v) is 6.39. The van der Waals surface area contributed by atoms with Crippen molar-refractivity contribution in [1.29, 1.82) is 0 Å². The van der Waals surface area contributed by atoms with Gasteiger partial charge in [0.25, 0.3) is 5.91 Å². The van der Waals surface area contributed by atoms with Crippen LogP contribution in [0.15, 0.2) is 30.6 Å². The number of hydrogen-bond donors (Lipinski definition) is 2. The molecule has 42 heavy (non-hydrogen) atoms. The van der Waals surface area contributed by atoms with Gasteiger partial charge in [0.05, 0.1) is 30.3 Å². The number of alkyl halides is 3. The smallest absolute Gasteiger partial charge is 0.419 e. The maximum Gasteiger partial charge on any atom is 0.419 e. The highest BCUT2D eigenvalue weighted by Gasteiger charge is 2.35. The molecule has 0 saturated carbocycles. The number of nitrogens with zero attached hydrogens (tertiary/aromatic N) is 5. The lowest BCUT2D eigenvalue weighted by atomic mass is 10.1. The Balaban J connectivity index is 1.43. The van der Waals surface area contributed by atoms with E-state index in [9.17, 15) is 18.0 Å². The van der Waals surface area contributed by atoms with Gasteiger partial charge in [0.15, 0.2) is 5.13 Å². The third-order valence-corrected chi connectivity index (χ3v) is 8.52. The first kappa shape index (κ1) is 30.2. The number of carbonyl (C=O) groups is 1. The van der Waals surface area contributed by atoms with Crippen molar-refractivity contribution in [2.45, 2.75) is 58.3 Å². The average molecular weight is 604 g/mol. The van der Waals surface area contributed by atoms with Gasteiger partial charge in [-0.1, -0.05) is 25.2 Å². The molecule has 2 aromatic heterocycles. The highest BCUT2D eigenvalue weighted by molar-refractivity contribution is 7.16. The zero-order valence-corrected chi connectivity index (χ0v) is 24.7. The third kappa shape index (κ3) is 7.01. The molecule has 3 aromatic rings. The zero-order valence-electron chi connectivity index (χ0n) is 23.8. The van der Waals surface area contributed by atoms with E-state index < -0.39 is 17.6 Å². The molecule has 0 bridgehead atoms. The van der Waals surface area contributed by atoms with Crippen LogP contribution in [0.4, 0.5) is 24.1 Å². The number of benzene rings is 1. The van der Waals surface area contributed by atoms with Crippen molar-refractivity contribution in [3.63, 3.8) is 0 Å². The molecule has 13 heteroatoms. The molecule has 2 N–H and O–H groups in total. The average Bonchev–Trinajstić information content (AvgIpc) is 3.62. The summed E-state index contributed by atoms with van der Waals surface area (Å²) in [5.74, 6) is 0.0229. The molecule has 2 aliphatic rings. The van der Waals surface area contributed by atoms with Crippen LogP contribution in [0, 0.1) is 0 Å². The van der Waals surface area contributed by atoms with Gasteiger partial charge in [-0.2, -0.15) is 13.2 Å². The van der Waals surface area contributed by atoms with Crippen LogP contribution in [0.1, 0.15) is 60.5 Å². The van der Waals surface area contributed by atoms with Crippen molar-refractivity contribution in [2.24, 2.45) is 0 Å². The van der Waals surface area contributed by atoms with Crippen molar-refractivity contribution < 1.29 is 22.7 Å². The molecular formula is C29H36F3N7O2S. The molecule has 0 unspecified atom stereocenters.